The Kier molecular flexibility index (Phi) is 4.45. The average molecular weight is 342 g/mol. The Hall–Kier alpha value is -2.00. The monoisotopic (exact) mass is 342 g/mol. The van der Waals surface area contributed by atoms with Crippen LogP contribution in [0, 0.1) is 10.1 Å². The SMILES string of the molecule is COC(=O)c1cccc([N+](=O)[O-])c1S(=O)(=O)N1CCCC1(C)C. The largest absolute Gasteiger partial charge is 0.465 e. The maximum absolute atomic E-state index is 13.0. The molecule has 0 spiro atoms. The zero-order chi connectivity index (χ0) is 17.4. The lowest BCUT2D eigenvalue weighted by Crippen LogP contribution is -2.43. The first kappa shape index (κ1) is 17.4. The molecule has 8 nitrogen and oxygen atoms in total. The molecule has 9 heteroatoms. The molecule has 2 rings (SSSR count). The van der Waals surface area contributed by atoms with Gasteiger partial charge in [0.05, 0.1) is 17.6 Å². The first-order chi connectivity index (χ1) is 10.6. The van der Waals surface area contributed by atoms with Crippen molar-refractivity contribution >= 4 is 21.7 Å². The van der Waals surface area contributed by atoms with Gasteiger partial charge in [-0.3, -0.25) is 10.1 Å². The number of esters is 1. The first-order valence-corrected chi connectivity index (χ1v) is 8.45. The number of hydrogen-bond acceptors (Lipinski definition) is 6. The summed E-state index contributed by atoms with van der Waals surface area (Å²) < 4.78 is 31.9. The predicted molar refractivity (Wildman–Crippen MR) is 81.6 cm³/mol. The van der Waals surface area contributed by atoms with Crippen LogP contribution in [-0.2, 0) is 14.8 Å². The Labute approximate surface area is 134 Å². The van der Waals surface area contributed by atoms with Gasteiger partial charge < -0.3 is 4.74 Å². The van der Waals surface area contributed by atoms with Crippen LogP contribution < -0.4 is 0 Å². The maximum Gasteiger partial charge on any atom is 0.339 e. The number of carbonyl (C=O) groups is 1. The standard InChI is InChI=1S/C14H18N2O6S/c1-14(2)8-5-9-15(14)23(20,21)12-10(13(17)22-3)6-4-7-11(12)16(18)19/h4,6-7H,5,8-9H2,1-3H3. The van der Waals surface area contributed by atoms with E-state index >= 15 is 0 Å². The van der Waals surface area contributed by atoms with E-state index in [4.69, 9.17) is 0 Å². The van der Waals surface area contributed by atoms with Gasteiger partial charge in [0, 0.05) is 18.2 Å². The van der Waals surface area contributed by atoms with E-state index in [2.05, 4.69) is 4.74 Å². The minimum absolute atomic E-state index is 0.252. The average Bonchev–Trinajstić information content (AvgIpc) is 2.85. The highest BCUT2D eigenvalue weighted by molar-refractivity contribution is 7.89. The van der Waals surface area contributed by atoms with Crippen molar-refractivity contribution in [2.24, 2.45) is 0 Å². The summed E-state index contributed by atoms with van der Waals surface area (Å²) >= 11 is 0. The third-order valence-electron chi connectivity index (χ3n) is 3.97. The number of nitrogens with zero attached hydrogens (tertiary/aromatic N) is 2. The van der Waals surface area contributed by atoms with Crippen molar-refractivity contribution in [3.8, 4) is 0 Å². The molecule has 0 aliphatic carbocycles. The molecule has 1 aliphatic rings. The topological polar surface area (TPSA) is 107 Å². The van der Waals surface area contributed by atoms with E-state index < -0.39 is 37.0 Å². The van der Waals surface area contributed by atoms with Crippen molar-refractivity contribution in [1.82, 2.24) is 4.31 Å². The predicted octanol–water partition coefficient (Wildman–Crippen LogP) is 1.94. The second-order valence-corrected chi connectivity index (χ2v) is 7.69. The van der Waals surface area contributed by atoms with Gasteiger partial charge in [-0.1, -0.05) is 6.07 Å². The third-order valence-corrected chi connectivity index (χ3v) is 6.17. The van der Waals surface area contributed by atoms with Gasteiger partial charge in [0.15, 0.2) is 4.90 Å². The second kappa shape index (κ2) is 5.89. The first-order valence-electron chi connectivity index (χ1n) is 7.01. The third kappa shape index (κ3) is 2.93. The van der Waals surface area contributed by atoms with Gasteiger partial charge in [0.25, 0.3) is 15.7 Å². The van der Waals surface area contributed by atoms with Gasteiger partial charge >= 0.3 is 5.97 Å². The molecule has 0 bridgehead atoms. The number of methoxy groups -OCH3 is 1. The van der Waals surface area contributed by atoms with Gasteiger partial charge in [0.2, 0.25) is 0 Å². The molecule has 1 aliphatic heterocycles. The molecule has 1 heterocycles. The van der Waals surface area contributed by atoms with Crippen molar-refractivity contribution in [3.63, 3.8) is 0 Å². The highest BCUT2D eigenvalue weighted by atomic mass is 32.2. The fraction of sp³-hybridized carbons (Fsp3) is 0.500. The molecule has 0 N–H and O–H groups in total. The highest BCUT2D eigenvalue weighted by Gasteiger charge is 2.45. The van der Waals surface area contributed by atoms with E-state index in [0.717, 1.165) is 13.2 Å². The summed E-state index contributed by atoms with van der Waals surface area (Å²) in [4.78, 5) is 21.8. The zero-order valence-corrected chi connectivity index (χ0v) is 13.9. The Morgan fingerprint density at radius 2 is 2.04 bits per heavy atom. The minimum atomic E-state index is -4.22. The fourth-order valence-electron chi connectivity index (χ4n) is 2.85. The van der Waals surface area contributed by atoms with Crippen LogP contribution in [0.2, 0.25) is 0 Å². The number of nitro benzene ring substituents is 1. The van der Waals surface area contributed by atoms with Crippen LogP contribution in [-0.4, -0.2) is 42.8 Å². The summed E-state index contributed by atoms with van der Waals surface area (Å²) in [7, 11) is -3.12. The fourth-order valence-corrected chi connectivity index (χ4v) is 5.02. The summed E-state index contributed by atoms with van der Waals surface area (Å²) in [6.45, 7) is 3.76. The lowest BCUT2D eigenvalue weighted by molar-refractivity contribution is -0.387. The normalized spacial score (nSPS) is 17.9. The highest BCUT2D eigenvalue weighted by Crippen LogP contribution is 2.38. The molecule has 23 heavy (non-hydrogen) atoms. The van der Waals surface area contributed by atoms with E-state index in [9.17, 15) is 23.3 Å². The molecule has 0 aromatic heterocycles. The molecule has 0 atom stereocenters. The molecular weight excluding hydrogens is 324 g/mol. The molecule has 1 aromatic rings. The van der Waals surface area contributed by atoms with Crippen molar-refractivity contribution in [2.75, 3.05) is 13.7 Å². The van der Waals surface area contributed by atoms with Gasteiger partial charge in [-0.2, -0.15) is 4.31 Å². The number of nitro groups is 1. The number of rotatable bonds is 4. The van der Waals surface area contributed by atoms with Crippen LogP contribution in [0.1, 0.15) is 37.0 Å². The van der Waals surface area contributed by atoms with E-state index in [1.54, 1.807) is 13.8 Å². The maximum atomic E-state index is 13.0. The lowest BCUT2D eigenvalue weighted by Gasteiger charge is -2.30. The number of benzene rings is 1. The van der Waals surface area contributed by atoms with Crippen molar-refractivity contribution in [3.05, 3.63) is 33.9 Å². The molecule has 0 unspecified atom stereocenters. The van der Waals surface area contributed by atoms with E-state index in [0.29, 0.717) is 12.8 Å². The van der Waals surface area contributed by atoms with Gasteiger partial charge in [-0.25, -0.2) is 13.2 Å². The molecule has 0 amide bonds. The zero-order valence-electron chi connectivity index (χ0n) is 13.1. The Balaban J connectivity index is 2.74. The molecule has 0 radical (unpaired) electrons. The second-order valence-electron chi connectivity index (χ2n) is 5.90. The summed E-state index contributed by atoms with van der Waals surface area (Å²) in [5, 5.41) is 11.3. The molecule has 126 valence electrons. The smallest absolute Gasteiger partial charge is 0.339 e. The van der Waals surface area contributed by atoms with Crippen LogP contribution in [0.4, 0.5) is 5.69 Å². The van der Waals surface area contributed by atoms with E-state index in [1.165, 1.54) is 16.4 Å². The number of sulfonamides is 1. The van der Waals surface area contributed by atoms with Crippen LogP contribution in [0.25, 0.3) is 0 Å². The number of hydrogen-bond donors (Lipinski definition) is 0. The molecule has 1 fully saturated rings. The summed E-state index contributed by atoms with van der Waals surface area (Å²) in [5.74, 6) is -0.927. The van der Waals surface area contributed by atoms with E-state index in [-0.39, 0.29) is 12.1 Å². The van der Waals surface area contributed by atoms with Crippen LogP contribution in [0.5, 0.6) is 0 Å². The summed E-state index contributed by atoms with van der Waals surface area (Å²) in [5.41, 5.74) is -1.63. The van der Waals surface area contributed by atoms with Gasteiger partial charge in [-0.05, 0) is 32.8 Å². The number of ether oxygens (including phenoxy) is 1. The molecule has 1 saturated heterocycles. The summed E-state index contributed by atoms with van der Waals surface area (Å²) in [6, 6.07) is 3.55. The minimum Gasteiger partial charge on any atom is -0.465 e. The van der Waals surface area contributed by atoms with Crippen molar-refractivity contribution < 1.29 is 22.9 Å². The van der Waals surface area contributed by atoms with Crippen molar-refractivity contribution in [2.45, 2.75) is 37.1 Å². The Bertz CT molecular complexity index is 757. The van der Waals surface area contributed by atoms with Gasteiger partial charge in [-0.15, -0.1) is 0 Å². The van der Waals surface area contributed by atoms with Gasteiger partial charge in [0.1, 0.15) is 0 Å². The molecular formula is C14H18N2O6S. The Morgan fingerprint density at radius 1 is 1.39 bits per heavy atom. The summed E-state index contributed by atoms with van der Waals surface area (Å²) in [6.07, 6.45) is 1.29. The van der Waals surface area contributed by atoms with Crippen LogP contribution >= 0.6 is 0 Å². The molecule has 0 saturated carbocycles. The lowest BCUT2D eigenvalue weighted by atomic mass is 10.0. The Morgan fingerprint density at radius 3 is 2.52 bits per heavy atom. The van der Waals surface area contributed by atoms with Crippen LogP contribution in [0.3, 0.4) is 0 Å². The number of carbonyl (C=O) groups excluding carboxylic acids is 1. The van der Waals surface area contributed by atoms with Crippen molar-refractivity contribution in [1.29, 1.82) is 0 Å². The molecule has 1 aromatic carbocycles. The van der Waals surface area contributed by atoms with Crippen LogP contribution in [0.15, 0.2) is 23.1 Å². The van der Waals surface area contributed by atoms with E-state index in [1.807, 2.05) is 0 Å². The quantitative estimate of drug-likeness (QED) is 0.470.